The second-order valence-electron chi connectivity index (χ2n) is 4.97. The molecule has 3 nitrogen and oxygen atoms in total. The number of aromatic nitrogens is 3. The van der Waals surface area contributed by atoms with Crippen molar-refractivity contribution in [2.24, 2.45) is 0 Å². The highest BCUT2D eigenvalue weighted by molar-refractivity contribution is 5.79. The minimum absolute atomic E-state index is 0.653. The zero-order chi connectivity index (χ0) is 12.7. The Kier molecular flexibility index (Phi) is 2.30. The van der Waals surface area contributed by atoms with E-state index in [4.69, 9.17) is 0 Å². The van der Waals surface area contributed by atoms with Gasteiger partial charge in [0.2, 0.25) is 0 Å². The van der Waals surface area contributed by atoms with E-state index in [2.05, 4.69) is 27.1 Å². The fourth-order valence-corrected chi connectivity index (χ4v) is 2.28. The van der Waals surface area contributed by atoms with Crippen molar-refractivity contribution in [3.63, 3.8) is 0 Å². The summed E-state index contributed by atoms with van der Waals surface area (Å²) in [6, 6.07) is 14.1. The Morgan fingerprint density at radius 3 is 2.68 bits per heavy atom. The average Bonchev–Trinajstić information content (AvgIpc) is 3.32. The Morgan fingerprint density at radius 1 is 0.895 bits per heavy atom. The van der Waals surface area contributed by atoms with Gasteiger partial charge < -0.3 is 0 Å². The highest BCUT2D eigenvalue weighted by atomic mass is 14.9. The lowest BCUT2D eigenvalue weighted by Crippen LogP contribution is -1.94. The van der Waals surface area contributed by atoms with Gasteiger partial charge in [0, 0.05) is 23.2 Å². The number of para-hydroxylation sites is 1. The van der Waals surface area contributed by atoms with Crippen molar-refractivity contribution in [2.45, 2.75) is 18.8 Å². The van der Waals surface area contributed by atoms with E-state index in [0.29, 0.717) is 11.7 Å². The van der Waals surface area contributed by atoms with Gasteiger partial charge in [-0.15, -0.1) is 0 Å². The van der Waals surface area contributed by atoms with Crippen molar-refractivity contribution in [1.29, 1.82) is 0 Å². The third kappa shape index (κ3) is 1.97. The predicted octanol–water partition coefficient (Wildman–Crippen LogP) is 3.57. The van der Waals surface area contributed by atoms with Crippen LogP contribution in [0.15, 0.2) is 48.7 Å². The molecule has 0 N–H and O–H groups in total. The van der Waals surface area contributed by atoms with Crippen LogP contribution in [0, 0.1) is 0 Å². The Morgan fingerprint density at radius 2 is 1.79 bits per heavy atom. The quantitative estimate of drug-likeness (QED) is 0.695. The lowest BCUT2D eigenvalue weighted by molar-refractivity contribution is 1.02. The Labute approximate surface area is 111 Å². The first kappa shape index (κ1) is 10.6. The molecule has 2 aromatic heterocycles. The van der Waals surface area contributed by atoms with Crippen LogP contribution in [0.4, 0.5) is 0 Å². The molecule has 1 aromatic carbocycles. The second-order valence-corrected chi connectivity index (χ2v) is 4.97. The molecule has 0 saturated heterocycles. The van der Waals surface area contributed by atoms with Gasteiger partial charge in [-0.2, -0.15) is 0 Å². The maximum Gasteiger partial charge on any atom is 0.178 e. The van der Waals surface area contributed by atoms with Crippen molar-refractivity contribution in [3.05, 3.63) is 54.4 Å². The highest BCUT2D eigenvalue weighted by Crippen LogP contribution is 2.39. The minimum Gasteiger partial charge on any atom is -0.249 e. The third-order valence-electron chi connectivity index (χ3n) is 3.48. The first-order valence-electron chi connectivity index (χ1n) is 6.59. The number of rotatable bonds is 2. The van der Waals surface area contributed by atoms with E-state index in [-0.39, 0.29) is 0 Å². The first-order valence-corrected chi connectivity index (χ1v) is 6.59. The standard InChI is InChI=1S/C16H13N3/c1-2-5-14-12(4-1)10-17-16(19-14)15-7-3-6-13(18-15)11-8-9-11/h1-7,10-11H,8-9H2. The summed E-state index contributed by atoms with van der Waals surface area (Å²) in [6.45, 7) is 0. The van der Waals surface area contributed by atoms with E-state index < -0.39 is 0 Å². The molecule has 0 bridgehead atoms. The molecule has 3 heteroatoms. The van der Waals surface area contributed by atoms with E-state index in [9.17, 15) is 0 Å². The van der Waals surface area contributed by atoms with E-state index in [1.807, 2.05) is 36.5 Å². The monoisotopic (exact) mass is 247 g/mol. The number of pyridine rings is 1. The summed E-state index contributed by atoms with van der Waals surface area (Å²) >= 11 is 0. The zero-order valence-corrected chi connectivity index (χ0v) is 10.5. The van der Waals surface area contributed by atoms with Gasteiger partial charge in [0.05, 0.1) is 5.52 Å². The van der Waals surface area contributed by atoms with E-state index in [1.54, 1.807) is 0 Å². The summed E-state index contributed by atoms with van der Waals surface area (Å²) in [6.07, 6.45) is 4.38. The Bertz CT molecular complexity index is 748. The van der Waals surface area contributed by atoms with Crippen LogP contribution in [-0.2, 0) is 0 Å². The smallest absolute Gasteiger partial charge is 0.178 e. The molecule has 19 heavy (non-hydrogen) atoms. The second kappa shape index (κ2) is 4.12. The first-order chi connectivity index (χ1) is 9.40. The molecule has 0 aliphatic heterocycles. The summed E-state index contributed by atoms with van der Waals surface area (Å²) in [4.78, 5) is 13.7. The molecule has 0 radical (unpaired) electrons. The van der Waals surface area contributed by atoms with Crippen LogP contribution in [-0.4, -0.2) is 15.0 Å². The van der Waals surface area contributed by atoms with Gasteiger partial charge in [-0.05, 0) is 31.0 Å². The number of benzene rings is 1. The lowest BCUT2D eigenvalue weighted by atomic mass is 10.2. The zero-order valence-electron chi connectivity index (χ0n) is 10.5. The number of hydrogen-bond donors (Lipinski definition) is 0. The van der Waals surface area contributed by atoms with Crippen LogP contribution in [0.25, 0.3) is 22.4 Å². The maximum absolute atomic E-state index is 4.69. The largest absolute Gasteiger partial charge is 0.249 e. The molecule has 0 spiro atoms. The van der Waals surface area contributed by atoms with Crippen molar-refractivity contribution >= 4 is 10.9 Å². The van der Waals surface area contributed by atoms with Crippen LogP contribution in [0.5, 0.6) is 0 Å². The number of nitrogens with zero attached hydrogens (tertiary/aromatic N) is 3. The van der Waals surface area contributed by atoms with E-state index in [1.165, 1.54) is 18.5 Å². The minimum atomic E-state index is 0.653. The maximum atomic E-state index is 4.69. The van der Waals surface area contributed by atoms with Crippen LogP contribution in [0.2, 0.25) is 0 Å². The van der Waals surface area contributed by atoms with Gasteiger partial charge in [0.25, 0.3) is 0 Å². The molecule has 1 aliphatic carbocycles. The number of hydrogen-bond acceptors (Lipinski definition) is 3. The van der Waals surface area contributed by atoms with Gasteiger partial charge in [-0.3, -0.25) is 0 Å². The Balaban J connectivity index is 1.82. The fourth-order valence-electron chi connectivity index (χ4n) is 2.28. The summed E-state index contributed by atoms with van der Waals surface area (Å²) in [7, 11) is 0. The topological polar surface area (TPSA) is 38.7 Å². The van der Waals surface area contributed by atoms with E-state index >= 15 is 0 Å². The molecule has 4 rings (SSSR count). The molecule has 2 heterocycles. The van der Waals surface area contributed by atoms with Gasteiger partial charge in [-0.1, -0.05) is 24.3 Å². The predicted molar refractivity (Wildman–Crippen MR) is 74.7 cm³/mol. The van der Waals surface area contributed by atoms with Gasteiger partial charge in [-0.25, -0.2) is 15.0 Å². The SMILES string of the molecule is c1cc(-c2ncc3ccccc3n2)nc(C2CC2)c1. The normalized spacial score (nSPS) is 14.7. The lowest BCUT2D eigenvalue weighted by Gasteiger charge is -2.03. The van der Waals surface area contributed by atoms with Crippen molar-refractivity contribution in [2.75, 3.05) is 0 Å². The average molecular weight is 247 g/mol. The van der Waals surface area contributed by atoms with Gasteiger partial charge >= 0.3 is 0 Å². The molecule has 1 saturated carbocycles. The molecule has 3 aromatic rings. The molecule has 0 amide bonds. The van der Waals surface area contributed by atoms with Crippen LogP contribution in [0.3, 0.4) is 0 Å². The third-order valence-corrected chi connectivity index (χ3v) is 3.48. The van der Waals surface area contributed by atoms with Crippen molar-refractivity contribution in [1.82, 2.24) is 15.0 Å². The van der Waals surface area contributed by atoms with E-state index in [0.717, 1.165) is 16.6 Å². The van der Waals surface area contributed by atoms with Crippen LogP contribution in [0.1, 0.15) is 24.5 Å². The molecule has 0 unspecified atom stereocenters. The van der Waals surface area contributed by atoms with Crippen LogP contribution < -0.4 is 0 Å². The summed E-state index contributed by atoms with van der Waals surface area (Å²) in [5, 5.41) is 1.06. The fraction of sp³-hybridized carbons (Fsp3) is 0.188. The highest BCUT2D eigenvalue weighted by Gasteiger charge is 2.25. The summed E-state index contributed by atoms with van der Waals surface area (Å²) < 4.78 is 0. The van der Waals surface area contributed by atoms with Crippen LogP contribution >= 0.6 is 0 Å². The number of fused-ring (bicyclic) bond motifs is 1. The molecule has 1 aliphatic rings. The molecule has 1 fully saturated rings. The van der Waals surface area contributed by atoms with Gasteiger partial charge in [0.15, 0.2) is 5.82 Å². The Hall–Kier alpha value is -2.29. The molecular formula is C16H13N3. The summed E-state index contributed by atoms with van der Waals surface area (Å²) in [5.41, 5.74) is 3.01. The molecule has 92 valence electrons. The summed E-state index contributed by atoms with van der Waals surface area (Å²) in [5.74, 6) is 1.36. The van der Waals surface area contributed by atoms with Crippen molar-refractivity contribution in [3.8, 4) is 11.5 Å². The molecular weight excluding hydrogens is 234 g/mol. The van der Waals surface area contributed by atoms with Crippen molar-refractivity contribution < 1.29 is 0 Å². The van der Waals surface area contributed by atoms with Gasteiger partial charge in [0.1, 0.15) is 5.69 Å². The molecule has 0 atom stereocenters.